The Morgan fingerprint density at radius 3 is 2.76 bits per heavy atom. The van der Waals surface area contributed by atoms with Crippen LogP contribution in [-0.4, -0.2) is 30.3 Å². The summed E-state index contributed by atoms with van der Waals surface area (Å²) in [7, 11) is 0. The molecule has 0 amide bonds. The standard InChI is InChI=1S/C12H13ClN4O4/c1-3-16-10(11(13)7(2)14-16)6-15-5-8(17(20)21)4-9(15)12(18)19/h4-5H,3,6H2,1-2H3,(H,18,19). The summed E-state index contributed by atoms with van der Waals surface area (Å²) in [6, 6.07) is 1.02. The Morgan fingerprint density at radius 2 is 2.24 bits per heavy atom. The summed E-state index contributed by atoms with van der Waals surface area (Å²) in [5.41, 5.74) is 0.804. The van der Waals surface area contributed by atoms with Crippen molar-refractivity contribution in [3.05, 3.63) is 44.5 Å². The summed E-state index contributed by atoms with van der Waals surface area (Å²) in [6.07, 6.45) is 1.18. The molecule has 2 aromatic rings. The van der Waals surface area contributed by atoms with Gasteiger partial charge in [-0.1, -0.05) is 11.6 Å². The molecule has 112 valence electrons. The van der Waals surface area contributed by atoms with Gasteiger partial charge >= 0.3 is 5.97 Å². The highest BCUT2D eigenvalue weighted by Gasteiger charge is 2.21. The highest BCUT2D eigenvalue weighted by atomic mass is 35.5. The van der Waals surface area contributed by atoms with Crippen LogP contribution in [-0.2, 0) is 13.1 Å². The van der Waals surface area contributed by atoms with Crippen LogP contribution in [0.1, 0.15) is 28.8 Å². The predicted octanol–water partition coefficient (Wildman–Crippen LogP) is 2.32. The summed E-state index contributed by atoms with van der Waals surface area (Å²) >= 11 is 6.17. The maximum Gasteiger partial charge on any atom is 0.352 e. The van der Waals surface area contributed by atoms with Crippen LogP contribution in [0.4, 0.5) is 5.69 Å². The van der Waals surface area contributed by atoms with Gasteiger partial charge in [0.2, 0.25) is 0 Å². The van der Waals surface area contributed by atoms with Crippen LogP contribution < -0.4 is 0 Å². The summed E-state index contributed by atoms with van der Waals surface area (Å²) in [5.74, 6) is -1.24. The van der Waals surface area contributed by atoms with Crippen LogP contribution in [0.2, 0.25) is 5.02 Å². The highest BCUT2D eigenvalue weighted by Crippen LogP contribution is 2.24. The Labute approximate surface area is 124 Å². The van der Waals surface area contributed by atoms with Gasteiger partial charge in [0.15, 0.2) is 0 Å². The van der Waals surface area contributed by atoms with Gasteiger partial charge in [-0.2, -0.15) is 5.10 Å². The zero-order valence-electron chi connectivity index (χ0n) is 11.4. The van der Waals surface area contributed by atoms with Gasteiger partial charge in [0.1, 0.15) is 5.69 Å². The maximum absolute atomic E-state index is 11.2. The number of hydrogen-bond acceptors (Lipinski definition) is 4. The summed E-state index contributed by atoms with van der Waals surface area (Å²) in [4.78, 5) is 21.4. The van der Waals surface area contributed by atoms with Crippen LogP contribution in [0, 0.1) is 17.0 Å². The molecular weight excluding hydrogens is 300 g/mol. The van der Waals surface area contributed by atoms with Crippen LogP contribution in [0.3, 0.4) is 0 Å². The first-order chi connectivity index (χ1) is 9.85. The van der Waals surface area contributed by atoms with E-state index in [1.165, 1.54) is 10.8 Å². The molecule has 0 saturated heterocycles. The second kappa shape index (κ2) is 5.57. The topological polar surface area (TPSA) is 103 Å². The van der Waals surface area contributed by atoms with Gasteiger partial charge in [0, 0.05) is 12.6 Å². The van der Waals surface area contributed by atoms with E-state index in [0.29, 0.717) is 23.0 Å². The molecule has 2 rings (SSSR count). The fourth-order valence-corrected chi connectivity index (χ4v) is 2.28. The first kappa shape index (κ1) is 15.0. The molecule has 8 nitrogen and oxygen atoms in total. The number of nitro groups is 1. The number of rotatable bonds is 5. The Bertz CT molecular complexity index is 719. The molecule has 0 aliphatic carbocycles. The fourth-order valence-electron chi connectivity index (χ4n) is 2.09. The molecule has 0 atom stereocenters. The van der Waals surface area contributed by atoms with Crippen molar-refractivity contribution in [3.63, 3.8) is 0 Å². The molecule has 21 heavy (non-hydrogen) atoms. The minimum absolute atomic E-state index is 0.100. The number of aromatic carboxylic acids is 1. The molecule has 2 heterocycles. The average molecular weight is 313 g/mol. The molecule has 0 aromatic carbocycles. The first-order valence-electron chi connectivity index (χ1n) is 6.14. The number of aromatic nitrogens is 3. The number of aryl methyl sites for hydroxylation is 2. The summed E-state index contributed by atoms with van der Waals surface area (Å²) in [6.45, 7) is 4.29. The summed E-state index contributed by atoms with van der Waals surface area (Å²) < 4.78 is 2.93. The second-order valence-electron chi connectivity index (χ2n) is 4.44. The van der Waals surface area contributed by atoms with Crippen molar-refractivity contribution in [1.29, 1.82) is 0 Å². The van der Waals surface area contributed by atoms with Gasteiger partial charge in [0.05, 0.1) is 34.1 Å². The highest BCUT2D eigenvalue weighted by molar-refractivity contribution is 6.31. The molecule has 0 unspecified atom stereocenters. The van der Waals surface area contributed by atoms with E-state index in [0.717, 1.165) is 6.07 Å². The first-order valence-corrected chi connectivity index (χ1v) is 6.52. The van der Waals surface area contributed by atoms with Gasteiger partial charge in [-0.05, 0) is 13.8 Å². The molecule has 0 fully saturated rings. The number of halogens is 1. The van der Waals surface area contributed by atoms with E-state index >= 15 is 0 Å². The Balaban J connectivity index is 2.48. The zero-order valence-corrected chi connectivity index (χ0v) is 12.2. The molecule has 2 aromatic heterocycles. The molecule has 0 aliphatic heterocycles. The smallest absolute Gasteiger partial charge is 0.352 e. The predicted molar refractivity (Wildman–Crippen MR) is 74.8 cm³/mol. The Hall–Kier alpha value is -2.35. The monoisotopic (exact) mass is 312 g/mol. The molecule has 9 heteroatoms. The Kier molecular flexibility index (Phi) is 3.99. The third kappa shape index (κ3) is 2.75. The Morgan fingerprint density at radius 1 is 1.57 bits per heavy atom. The normalized spacial score (nSPS) is 10.8. The van der Waals surface area contributed by atoms with Crippen LogP contribution in [0.15, 0.2) is 12.3 Å². The van der Waals surface area contributed by atoms with E-state index in [1.807, 2.05) is 6.92 Å². The van der Waals surface area contributed by atoms with E-state index in [4.69, 9.17) is 16.7 Å². The van der Waals surface area contributed by atoms with Crippen LogP contribution >= 0.6 is 11.6 Å². The van der Waals surface area contributed by atoms with Crippen molar-refractivity contribution in [1.82, 2.24) is 14.3 Å². The number of carboxylic acid groups (broad SMARTS) is 1. The lowest BCUT2D eigenvalue weighted by Gasteiger charge is -2.08. The molecular formula is C12H13ClN4O4. The minimum atomic E-state index is -1.24. The quantitative estimate of drug-likeness (QED) is 0.674. The van der Waals surface area contributed by atoms with Crippen molar-refractivity contribution in [2.45, 2.75) is 26.9 Å². The second-order valence-corrected chi connectivity index (χ2v) is 4.81. The zero-order chi connectivity index (χ0) is 15.7. The fraction of sp³-hybridized carbons (Fsp3) is 0.333. The van der Waals surface area contributed by atoms with Gasteiger partial charge < -0.3 is 9.67 Å². The SMILES string of the molecule is CCn1nc(C)c(Cl)c1Cn1cc([N+](=O)[O-])cc1C(=O)O. The van der Waals surface area contributed by atoms with Crippen LogP contribution in [0.5, 0.6) is 0 Å². The number of nitrogens with zero attached hydrogens (tertiary/aromatic N) is 4. The molecule has 1 N–H and O–H groups in total. The van der Waals surface area contributed by atoms with E-state index in [1.54, 1.807) is 11.6 Å². The average Bonchev–Trinajstić information content (AvgIpc) is 2.95. The van der Waals surface area contributed by atoms with Crippen LogP contribution in [0.25, 0.3) is 0 Å². The van der Waals surface area contributed by atoms with Crippen molar-refractivity contribution in [3.8, 4) is 0 Å². The number of carbonyl (C=O) groups is 1. The maximum atomic E-state index is 11.2. The largest absolute Gasteiger partial charge is 0.477 e. The van der Waals surface area contributed by atoms with Gasteiger partial charge in [0.25, 0.3) is 5.69 Å². The molecule has 0 spiro atoms. The lowest BCUT2D eigenvalue weighted by Crippen LogP contribution is -2.12. The van der Waals surface area contributed by atoms with Gasteiger partial charge in [-0.3, -0.25) is 14.8 Å². The van der Waals surface area contributed by atoms with Gasteiger partial charge in [-0.25, -0.2) is 4.79 Å². The number of carboxylic acids is 1. The van der Waals surface area contributed by atoms with E-state index < -0.39 is 10.9 Å². The van der Waals surface area contributed by atoms with E-state index in [-0.39, 0.29) is 17.9 Å². The van der Waals surface area contributed by atoms with Crippen molar-refractivity contribution < 1.29 is 14.8 Å². The van der Waals surface area contributed by atoms with Crippen molar-refractivity contribution >= 4 is 23.3 Å². The lowest BCUT2D eigenvalue weighted by molar-refractivity contribution is -0.384. The molecule has 0 aliphatic rings. The summed E-state index contributed by atoms with van der Waals surface area (Å²) in [5, 5.41) is 24.6. The third-order valence-electron chi connectivity index (χ3n) is 3.09. The van der Waals surface area contributed by atoms with Gasteiger partial charge in [-0.15, -0.1) is 0 Å². The van der Waals surface area contributed by atoms with Crippen molar-refractivity contribution in [2.24, 2.45) is 0 Å². The molecule has 0 saturated carbocycles. The number of hydrogen-bond donors (Lipinski definition) is 1. The lowest BCUT2D eigenvalue weighted by atomic mass is 10.3. The third-order valence-corrected chi connectivity index (χ3v) is 3.58. The minimum Gasteiger partial charge on any atom is -0.477 e. The molecule has 0 bridgehead atoms. The van der Waals surface area contributed by atoms with E-state index in [9.17, 15) is 14.9 Å². The van der Waals surface area contributed by atoms with Crippen molar-refractivity contribution in [2.75, 3.05) is 0 Å². The molecule has 0 radical (unpaired) electrons. The van der Waals surface area contributed by atoms with E-state index in [2.05, 4.69) is 5.10 Å².